The Kier molecular flexibility index (Phi) is 3.93. The lowest BCUT2D eigenvalue weighted by Gasteiger charge is -2.35. The van der Waals surface area contributed by atoms with Crippen molar-refractivity contribution in [3.8, 4) is 0 Å². The Morgan fingerprint density at radius 1 is 1.19 bits per heavy atom. The standard InChI is InChI=1S/C18H21NO2/c1-19-10-9-16(17(12-19)18(20)21-2)15-8-7-13-5-3-4-6-14(13)11-15/h3-8,11,16-17H,9-10,12H2,1-2H3/t16-,17+/m1/s1. The van der Waals surface area contributed by atoms with Crippen molar-refractivity contribution >= 4 is 16.7 Å². The summed E-state index contributed by atoms with van der Waals surface area (Å²) in [5, 5.41) is 2.47. The minimum atomic E-state index is -0.0975. The number of fused-ring (bicyclic) bond motifs is 1. The zero-order valence-electron chi connectivity index (χ0n) is 12.6. The summed E-state index contributed by atoms with van der Waals surface area (Å²) in [6.45, 7) is 1.79. The number of carbonyl (C=O) groups is 1. The number of methoxy groups -OCH3 is 1. The highest BCUT2D eigenvalue weighted by Gasteiger charge is 2.34. The fourth-order valence-corrected chi connectivity index (χ4v) is 3.34. The number of nitrogens with zero attached hydrogens (tertiary/aromatic N) is 1. The first-order valence-electron chi connectivity index (χ1n) is 7.44. The molecule has 0 aromatic heterocycles. The second-order valence-corrected chi connectivity index (χ2v) is 5.89. The van der Waals surface area contributed by atoms with Crippen molar-refractivity contribution < 1.29 is 9.53 Å². The summed E-state index contributed by atoms with van der Waals surface area (Å²) in [4.78, 5) is 14.3. The minimum absolute atomic E-state index is 0.0742. The van der Waals surface area contributed by atoms with Crippen molar-refractivity contribution in [1.82, 2.24) is 4.90 Å². The Bertz CT molecular complexity index is 652. The first-order valence-corrected chi connectivity index (χ1v) is 7.44. The third kappa shape index (κ3) is 2.79. The van der Waals surface area contributed by atoms with E-state index in [2.05, 4.69) is 54.4 Å². The Labute approximate surface area is 125 Å². The topological polar surface area (TPSA) is 29.5 Å². The Hall–Kier alpha value is -1.87. The van der Waals surface area contributed by atoms with Gasteiger partial charge in [0.25, 0.3) is 0 Å². The lowest BCUT2D eigenvalue weighted by Crippen LogP contribution is -2.41. The zero-order chi connectivity index (χ0) is 14.8. The fourth-order valence-electron chi connectivity index (χ4n) is 3.34. The van der Waals surface area contributed by atoms with E-state index in [1.807, 2.05) is 0 Å². The molecule has 110 valence electrons. The van der Waals surface area contributed by atoms with Crippen LogP contribution in [0.15, 0.2) is 42.5 Å². The summed E-state index contributed by atoms with van der Waals surface area (Å²) in [5.74, 6) is 0.0767. The number of hydrogen-bond acceptors (Lipinski definition) is 3. The molecule has 0 unspecified atom stereocenters. The Morgan fingerprint density at radius 2 is 1.95 bits per heavy atom. The van der Waals surface area contributed by atoms with Gasteiger partial charge in [-0.05, 0) is 42.3 Å². The van der Waals surface area contributed by atoms with Crippen LogP contribution in [0.4, 0.5) is 0 Å². The van der Waals surface area contributed by atoms with Crippen molar-refractivity contribution in [3.63, 3.8) is 0 Å². The summed E-state index contributed by atoms with van der Waals surface area (Å²) in [6, 6.07) is 14.9. The van der Waals surface area contributed by atoms with E-state index in [-0.39, 0.29) is 17.8 Å². The molecule has 1 fully saturated rings. The molecular weight excluding hydrogens is 262 g/mol. The maximum Gasteiger partial charge on any atom is 0.310 e. The minimum Gasteiger partial charge on any atom is -0.469 e. The van der Waals surface area contributed by atoms with Crippen LogP contribution in [0, 0.1) is 5.92 Å². The van der Waals surface area contributed by atoms with Crippen LogP contribution in [-0.2, 0) is 9.53 Å². The van der Waals surface area contributed by atoms with Crippen molar-refractivity contribution in [3.05, 3.63) is 48.0 Å². The van der Waals surface area contributed by atoms with Gasteiger partial charge in [0.05, 0.1) is 13.0 Å². The molecule has 3 nitrogen and oxygen atoms in total. The molecule has 1 heterocycles. The van der Waals surface area contributed by atoms with E-state index in [1.165, 1.54) is 23.4 Å². The van der Waals surface area contributed by atoms with Gasteiger partial charge in [-0.3, -0.25) is 4.79 Å². The van der Waals surface area contributed by atoms with Crippen LogP contribution in [-0.4, -0.2) is 38.1 Å². The summed E-state index contributed by atoms with van der Waals surface area (Å²) in [5.41, 5.74) is 1.25. The number of carbonyl (C=O) groups excluding carboxylic acids is 1. The van der Waals surface area contributed by atoms with Crippen molar-refractivity contribution in [1.29, 1.82) is 0 Å². The number of esters is 1. The molecule has 3 heteroatoms. The van der Waals surface area contributed by atoms with Gasteiger partial charge in [-0.1, -0.05) is 42.5 Å². The number of ether oxygens (including phenoxy) is 1. The monoisotopic (exact) mass is 283 g/mol. The average Bonchev–Trinajstić information content (AvgIpc) is 2.53. The molecule has 0 radical (unpaired) electrons. The highest BCUT2D eigenvalue weighted by atomic mass is 16.5. The van der Waals surface area contributed by atoms with E-state index in [4.69, 9.17) is 4.74 Å². The van der Waals surface area contributed by atoms with Gasteiger partial charge in [0.15, 0.2) is 0 Å². The third-order valence-corrected chi connectivity index (χ3v) is 4.52. The van der Waals surface area contributed by atoms with E-state index in [9.17, 15) is 4.79 Å². The summed E-state index contributed by atoms with van der Waals surface area (Å²) >= 11 is 0. The van der Waals surface area contributed by atoms with Crippen LogP contribution in [0.25, 0.3) is 10.8 Å². The smallest absolute Gasteiger partial charge is 0.310 e. The molecule has 1 saturated heterocycles. The molecule has 1 aliphatic heterocycles. The second kappa shape index (κ2) is 5.86. The van der Waals surface area contributed by atoms with Crippen LogP contribution in [0.1, 0.15) is 17.9 Å². The summed E-state index contributed by atoms with van der Waals surface area (Å²) in [7, 11) is 3.54. The molecule has 21 heavy (non-hydrogen) atoms. The summed E-state index contributed by atoms with van der Waals surface area (Å²) in [6.07, 6.45) is 0.995. The highest BCUT2D eigenvalue weighted by molar-refractivity contribution is 5.83. The molecule has 2 aromatic rings. The third-order valence-electron chi connectivity index (χ3n) is 4.52. The Balaban J connectivity index is 1.96. The molecule has 1 aliphatic rings. The number of benzene rings is 2. The molecule has 0 bridgehead atoms. The van der Waals surface area contributed by atoms with Gasteiger partial charge in [-0.25, -0.2) is 0 Å². The molecule has 0 amide bonds. The SMILES string of the molecule is COC(=O)[C@H]1CN(C)CC[C@@H]1c1ccc2ccccc2c1. The van der Waals surface area contributed by atoms with Gasteiger partial charge in [-0.15, -0.1) is 0 Å². The van der Waals surface area contributed by atoms with Crippen LogP contribution in [0.2, 0.25) is 0 Å². The molecule has 3 rings (SSSR count). The van der Waals surface area contributed by atoms with Crippen molar-refractivity contribution in [2.24, 2.45) is 5.92 Å². The van der Waals surface area contributed by atoms with E-state index in [1.54, 1.807) is 0 Å². The number of piperidine rings is 1. The van der Waals surface area contributed by atoms with Crippen molar-refractivity contribution in [2.45, 2.75) is 12.3 Å². The molecule has 2 atom stereocenters. The predicted octanol–water partition coefficient (Wildman–Crippen LogP) is 3.05. The van der Waals surface area contributed by atoms with E-state index >= 15 is 0 Å². The van der Waals surface area contributed by atoms with E-state index in [0.717, 1.165) is 19.5 Å². The molecule has 0 N–H and O–H groups in total. The number of likely N-dealkylation sites (tertiary alicyclic amines) is 1. The molecular formula is C18H21NO2. The lowest BCUT2D eigenvalue weighted by atomic mass is 9.80. The second-order valence-electron chi connectivity index (χ2n) is 5.89. The fraction of sp³-hybridized carbons (Fsp3) is 0.389. The van der Waals surface area contributed by atoms with E-state index < -0.39 is 0 Å². The van der Waals surface area contributed by atoms with Gasteiger partial charge in [-0.2, -0.15) is 0 Å². The van der Waals surface area contributed by atoms with Crippen LogP contribution < -0.4 is 0 Å². The van der Waals surface area contributed by atoms with Crippen LogP contribution in [0.3, 0.4) is 0 Å². The largest absolute Gasteiger partial charge is 0.469 e. The maximum absolute atomic E-state index is 12.1. The Morgan fingerprint density at radius 3 is 2.71 bits per heavy atom. The van der Waals surface area contributed by atoms with Gasteiger partial charge in [0.2, 0.25) is 0 Å². The van der Waals surface area contributed by atoms with Gasteiger partial charge in [0.1, 0.15) is 0 Å². The highest BCUT2D eigenvalue weighted by Crippen LogP contribution is 2.34. The van der Waals surface area contributed by atoms with Crippen LogP contribution in [0.5, 0.6) is 0 Å². The first-order chi connectivity index (χ1) is 10.2. The maximum atomic E-state index is 12.1. The predicted molar refractivity (Wildman–Crippen MR) is 84.3 cm³/mol. The molecule has 0 spiro atoms. The average molecular weight is 283 g/mol. The number of hydrogen-bond donors (Lipinski definition) is 0. The number of rotatable bonds is 2. The van der Waals surface area contributed by atoms with Gasteiger partial charge < -0.3 is 9.64 Å². The van der Waals surface area contributed by atoms with Gasteiger partial charge in [0, 0.05) is 6.54 Å². The zero-order valence-corrected chi connectivity index (χ0v) is 12.6. The van der Waals surface area contributed by atoms with Crippen LogP contribution >= 0.6 is 0 Å². The van der Waals surface area contributed by atoms with E-state index in [0.29, 0.717) is 0 Å². The first kappa shape index (κ1) is 14.1. The molecule has 0 aliphatic carbocycles. The van der Waals surface area contributed by atoms with Gasteiger partial charge >= 0.3 is 5.97 Å². The van der Waals surface area contributed by atoms with Crippen molar-refractivity contribution in [2.75, 3.05) is 27.2 Å². The normalized spacial score (nSPS) is 23.1. The molecule has 0 saturated carbocycles. The molecule has 2 aromatic carbocycles. The summed E-state index contributed by atoms with van der Waals surface area (Å²) < 4.78 is 5.01. The quantitative estimate of drug-likeness (QED) is 0.793. The lowest BCUT2D eigenvalue weighted by molar-refractivity contribution is -0.148.